The molecular formula is C8H16ClNO2. The molecule has 0 radical (unpaired) electrons. The van der Waals surface area contributed by atoms with Crippen molar-refractivity contribution in [2.45, 2.75) is 32.6 Å². The molecule has 0 spiro atoms. The molecule has 0 aromatic carbocycles. The number of hydrogen-bond acceptors (Lipinski definition) is 3. The lowest BCUT2D eigenvalue weighted by atomic mass is 10.2. The first-order valence-corrected chi connectivity index (χ1v) is 4.68. The fraction of sp³-hybridized carbons (Fsp3) is 0.875. The largest absolute Gasteiger partial charge is 0.466 e. The molecule has 0 aliphatic heterocycles. The molecule has 0 unspecified atom stereocenters. The van der Waals surface area contributed by atoms with Crippen LogP contribution in [-0.2, 0) is 9.53 Å². The number of carbonyl (C=O) groups excluding carboxylic acids is 1. The van der Waals surface area contributed by atoms with Crippen LogP contribution >= 0.6 is 11.8 Å². The van der Waals surface area contributed by atoms with Crippen molar-refractivity contribution < 1.29 is 9.53 Å². The van der Waals surface area contributed by atoms with Gasteiger partial charge in [-0.05, 0) is 31.5 Å². The molecule has 0 fully saturated rings. The minimum atomic E-state index is -0.101. The molecule has 3 nitrogen and oxygen atoms in total. The summed E-state index contributed by atoms with van der Waals surface area (Å²) in [5.74, 6) is -0.101. The lowest BCUT2D eigenvalue weighted by Gasteiger charge is -2.00. The van der Waals surface area contributed by atoms with Gasteiger partial charge in [-0.2, -0.15) is 0 Å². The summed E-state index contributed by atoms with van der Waals surface area (Å²) in [4.78, 5) is 13.3. The SMILES string of the molecule is CCOC(=O)CCCCCNCl. The van der Waals surface area contributed by atoms with Crippen LogP contribution in [0.5, 0.6) is 0 Å². The average Bonchev–Trinajstić information content (AvgIpc) is 2.05. The molecule has 0 rings (SSSR count). The maximum Gasteiger partial charge on any atom is 0.305 e. The monoisotopic (exact) mass is 193 g/mol. The minimum Gasteiger partial charge on any atom is -0.466 e. The van der Waals surface area contributed by atoms with Gasteiger partial charge < -0.3 is 4.74 Å². The van der Waals surface area contributed by atoms with Crippen molar-refractivity contribution in [3.8, 4) is 0 Å². The highest BCUT2D eigenvalue weighted by molar-refractivity contribution is 6.13. The van der Waals surface area contributed by atoms with Gasteiger partial charge in [0.2, 0.25) is 0 Å². The summed E-state index contributed by atoms with van der Waals surface area (Å²) in [6, 6.07) is 0. The van der Waals surface area contributed by atoms with Crippen LogP contribution in [0, 0.1) is 0 Å². The van der Waals surface area contributed by atoms with Crippen molar-refractivity contribution in [1.29, 1.82) is 0 Å². The Morgan fingerprint density at radius 3 is 2.75 bits per heavy atom. The van der Waals surface area contributed by atoms with E-state index in [0.717, 1.165) is 25.8 Å². The number of unbranched alkanes of at least 4 members (excludes halogenated alkanes) is 2. The van der Waals surface area contributed by atoms with Crippen LogP contribution in [0.3, 0.4) is 0 Å². The van der Waals surface area contributed by atoms with Gasteiger partial charge in [0.15, 0.2) is 0 Å². The zero-order valence-electron chi connectivity index (χ0n) is 7.44. The topological polar surface area (TPSA) is 38.3 Å². The number of nitrogens with one attached hydrogen (secondary N) is 1. The van der Waals surface area contributed by atoms with E-state index in [4.69, 9.17) is 16.5 Å². The maximum absolute atomic E-state index is 10.8. The molecule has 0 atom stereocenters. The Labute approximate surface area is 78.5 Å². The van der Waals surface area contributed by atoms with Crippen molar-refractivity contribution >= 4 is 17.7 Å². The van der Waals surface area contributed by atoms with E-state index in [1.54, 1.807) is 0 Å². The molecule has 0 heterocycles. The lowest BCUT2D eigenvalue weighted by molar-refractivity contribution is -0.143. The number of esters is 1. The van der Waals surface area contributed by atoms with Crippen LogP contribution in [0.2, 0.25) is 0 Å². The van der Waals surface area contributed by atoms with Crippen molar-refractivity contribution in [3.05, 3.63) is 0 Å². The van der Waals surface area contributed by atoms with Crippen molar-refractivity contribution in [3.63, 3.8) is 0 Å². The molecule has 0 aliphatic rings. The number of rotatable bonds is 7. The molecule has 0 amide bonds. The van der Waals surface area contributed by atoms with Gasteiger partial charge in [0.05, 0.1) is 6.61 Å². The molecule has 12 heavy (non-hydrogen) atoms. The van der Waals surface area contributed by atoms with E-state index in [2.05, 4.69) is 4.84 Å². The highest BCUT2D eigenvalue weighted by atomic mass is 35.5. The first-order chi connectivity index (χ1) is 5.81. The van der Waals surface area contributed by atoms with E-state index in [9.17, 15) is 4.79 Å². The van der Waals surface area contributed by atoms with Crippen molar-refractivity contribution in [2.24, 2.45) is 0 Å². The van der Waals surface area contributed by atoms with Gasteiger partial charge in [-0.1, -0.05) is 6.42 Å². The molecule has 0 saturated heterocycles. The standard InChI is InChI=1S/C8H16ClNO2/c1-2-12-8(11)6-4-3-5-7-10-9/h10H,2-7H2,1H3. The Hall–Kier alpha value is -0.280. The van der Waals surface area contributed by atoms with Gasteiger partial charge in [-0.15, -0.1) is 0 Å². The van der Waals surface area contributed by atoms with Gasteiger partial charge in [-0.3, -0.25) is 4.79 Å². The summed E-state index contributed by atoms with van der Waals surface area (Å²) in [6.07, 6.45) is 3.43. The molecule has 72 valence electrons. The number of hydrogen-bond donors (Lipinski definition) is 1. The van der Waals surface area contributed by atoms with Gasteiger partial charge in [0, 0.05) is 13.0 Å². The van der Waals surface area contributed by atoms with Gasteiger partial charge in [0.25, 0.3) is 0 Å². The third-order valence-corrected chi connectivity index (χ3v) is 1.65. The second-order valence-electron chi connectivity index (χ2n) is 2.50. The van der Waals surface area contributed by atoms with E-state index in [-0.39, 0.29) is 5.97 Å². The molecule has 0 saturated carbocycles. The van der Waals surface area contributed by atoms with Crippen molar-refractivity contribution in [1.82, 2.24) is 4.84 Å². The van der Waals surface area contributed by atoms with Crippen LogP contribution < -0.4 is 4.84 Å². The summed E-state index contributed by atoms with van der Waals surface area (Å²) >= 11 is 5.25. The fourth-order valence-electron chi connectivity index (χ4n) is 0.871. The second kappa shape index (κ2) is 8.81. The Bertz CT molecular complexity index is 120. The quantitative estimate of drug-likeness (QED) is 0.381. The van der Waals surface area contributed by atoms with Gasteiger partial charge >= 0.3 is 5.97 Å². The smallest absolute Gasteiger partial charge is 0.305 e. The molecular weight excluding hydrogens is 178 g/mol. The van der Waals surface area contributed by atoms with E-state index in [0.29, 0.717) is 13.0 Å². The highest BCUT2D eigenvalue weighted by Gasteiger charge is 1.99. The summed E-state index contributed by atoms with van der Waals surface area (Å²) in [6.45, 7) is 3.09. The Morgan fingerprint density at radius 2 is 2.17 bits per heavy atom. The Kier molecular flexibility index (Phi) is 8.61. The van der Waals surface area contributed by atoms with E-state index >= 15 is 0 Å². The van der Waals surface area contributed by atoms with Crippen molar-refractivity contribution in [2.75, 3.05) is 13.2 Å². The first kappa shape index (κ1) is 11.7. The Morgan fingerprint density at radius 1 is 1.42 bits per heavy atom. The first-order valence-electron chi connectivity index (χ1n) is 4.30. The zero-order valence-corrected chi connectivity index (χ0v) is 8.19. The fourth-order valence-corrected chi connectivity index (χ4v) is 1.00. The maximum atomic E-state index is 10.8. The zero-order chi connectivity index (χ0) is 9.23. The van der Waals surface area contributed by atoms with Crippen LogP contribution in [0.4, 0.5) is 0 Å². The number of carbonyl (C=O) groups is 1. The molecule has 1 N–H and O–H groups in total. The summed E-state index contributed by atoms with van der Waals surface area (Å²) in [5.41, 5.74) is 0. The predicted octanol–water partition coefficient (Wildman–Crippen LogP) is 1.85. The van der Waals surface area contributed by atoms with E-state index < -0.39 is 0 Å². The third-order valence-electron chi connectivity index (χ3n) is 1.46. The third kappa shape index (κ3) is 7.82. The van der Waals surface area contributed by atoms with Crippen LogP contribution in [0.15, 0.2) is 0 Å². The summed E-state index contributed by atoms with van der Waals surface area (Å²) in [7, 11) is 0. The normalized spacial score (nSPS) is 9.83. The van der Waals surface area contributed by atoms with Crippen LogP contribution in [-0.4, -0.2) is 19.1 Å². The molecule has 4 heteroatoms. The molecule has 0 aromatic rings. The summed E-state index contributed by atoms with van der Waals surface area (Å²) in [5, 5.41) is 0. The van der Waals surface area contributed by atoms with Crippen LogP contribution in [0.25, 0.3) is 0 Å². The minimum absolute atomic E-state index is 0.101. The lowest BCUT2D eigenvalue weighted by Crippen LogP contribution is -2.04. The summed E-state index contributed by atoms with van der Waals surface area (Å²) < 4.78 is 4.77. The van der Waals surface area contributed by atoms with Gasteiger partial charge in [0.1, 0.15) is 0 Å². The van der Waals surface area contributed by atoms with Crippen LogP contribution in [0.1, 0.15) is 32.6 Å². The van der Waals surface area contributed by atoms with E-state index in [1.165, 1.54) is 0 Å². The molecule has 0 aliphatic carbocycles. The second-order valence-corrected chi connectivity index (χ2v) is 2.77. The highest BCUT2D eigenvalue weighted by Crippen LogP contribution is 2.00. The predicted molar refractivity (Wildman–Crippen MR) is 49.0 cm³/mol. The average molecular weight is 194 g/mol. The number of ether oxygens (including phenoxy) is 1. The Balaban J connectivity index is 3.03. The number of halogens is 1. The molecule has 0 aromatic heterocycles. The molecule has 0 bridgehead atoms. The van der Waals surface area contributed by atoms with Gasteiger partial charge in [-0.25, -0.2) is 4.84 Å². The van der Waals surface area contributed by atoms with E-state index in [1.807, 2.05) is 6.92 Å².